The van der Waals surface area contributed by atoms with Crippen LogP contribution >= 0.6 is 11.8 Å². The molecule has 0 fully saturated rings. The van der Waals surface area contributed by atoms with Gasteiger partial charge < -0.3 is 16.0 Å². The molecule has 4 aromatic rings. The molecule has 4 rings (SSSR count). The summed E-state index contributed by atoms with van der Waals surface area (Å²) in [4.78, 5) is 45.4. The van der Waals surface area contributed by atoms with Gasteiger partial charge >= 0.3 is 0 Å². The molecule has 0 bridgehead atoms. The summed E-state index contributed by atoms with van der Waals surface area (Å²) in [6, 6.07) is 13.8. The Morgan fingerprint density at radius 1 is 1.16 bits per heavy atom. The van der Waals surface area contributed by atoms with Crippen molar-refractivity contribution in [3.63, 3.8) is 0 Å². The highest BCUT2D eigenvalue weighted by Gasteiger charge is 2.20. The number of amides is 2. The average molecular weight is 451 g/mol. The first-order chi connectivity index (χ1) is 15.5. The number of H-pyrrole nitrogens is 1. The van der Waals surface area contributed by atoms with Crippen LogP contribution in [0.4, 0.5) is 0 Å². The number of imidazole rings is 1. The largest absolute Gasteiger partial charge is 0.364 e. The van der Waals surface area contributed by atoms with E-state index < -0.39 is 17.4 Å². The number of nitrogens with two attached hydrogens (primary N) is 1. The Morgan fingerprint density at radius 2 is 1.88 bits per heavy atom. The minimum atomic E-state index is -0.768. The number of thioether (sulfide) groups is 1. The summed E-state index contributed by atoms with van der Waals surface area (Å²) < 4.78 is 0.974. The Bertz CT molecular complexity index is 1330. The number of rotatable bonds is 8. The number of carbonyl (C=O) groups excluding carboxylic acids is 2. The second kappa shape index (κ2) is 9.23. The molecule has 2 aromatic carbocycles. The summed E-state index contributed by atoms with van der Waals surface area (Å²) in [5.41, 5.74) is 6.62. The molecule has 0 aliphatic carbocycles. The molecule has 32 heavy (non-hydrogen) atoms. The van der Waals surface area contributed by atoms with E-state index >= 15 is 0 Å². The van der Waals surface area contributed by atoms with Crippen molar-refractivity contribution in [1.82, 2.24) is 25.1 Å². The van der Waals surface area contributed by atoms with Crippen LogP contribution in [0.2, 0.25) is 0 Å². The van der Waals surface area contributed by atoms with Crippen molar-refractivity contribution < 1.29 is 9.59 Å². The molecule has 1 atom stereocenters. The standard InChI is InChI=1S/C22H22N6O3S/c1-32-11-10-17(21-25-15-8-4-5-9-16(15)26-21)24-18(29)12-28-22(31)14-7-3-2-6-13(14)19(27-28)20(23)30/h2-9,17H,10-12H2,1H3,(H2,23,30)(H,24,29)(H,25,26). The summed E-state index contributed by atoms with van der Waals surface area (Å²) in [5.74, 6) is 0.264. The van der Waals surface area contributed by atoms with Crippen molar-refractivity contribution in [3.8, 4) is 0 Å². The number of nitrogens with zero attached hydrogens (tertiary/aromatic N) is 3. The van der Waals surface area contributed by atoms with Gasteiger partial charge in [-0.15, -0.1) is 0 Å². The molecule has 10 heteroatoms. The number of fused-ring (bicyclic) bond motifs is 2. The van der Waals surface area contributed by atoms with E-state index in [1.807, 2.05) is 30.5 Å². The smallest absolute Gasteiger partial charge is 0.275 e. The van der Waals surface area contributed by atoms with E-state index in [2.05, 4.69) is 20.4 Å². The Labute approximate surface area is 187 Å². The lowest BCUT2D eigenvalue weighted by Gasteiger charge is -2.17. The second-order valence-electron chi connectivity index (χ2n) is 7.26. The molecule has 164 valence electrons. The fraction of sp³-hybridized carbons (Fsp3) is 0.227. The number of aromatic nitrogens is 4. The van der Waals surface area contributed by atoms with E-state index in [0.29, 0.717) is 17.6 Å². The van der Waals surface area contributed by atoms with Gasteiger partial charge in [-0.25, -0.2) is 9.67 Å². The zero-order valence-electron chi connectivity index (χ0n) is 17.4. The van der Waals surface area contributed by atoms with Crippen molar-refractivity contribution in [2.24, 2.45) is 5.73 Å². The first kappa shape index (κ1) is 21.6. The van der Waals surface area contributed by atoms with E-state index in [0.717, 1.165) is 21.5 Å². The van der Waals surface area contributed by atoms with Crippen molar-refractivity contribution in [1.29, 1.82) is 0 Å². The van der Waals surface area contributed by atoms with Crippen molar-refractivity contribution >= 4 is 45.4 Å². The SMILES string of the molecule is CSCCC(NC(=O)Cn1nc(C(N)=O)c2ccccc2c1=O)c1nc2ccccc2[nH]1. The second-order valence-corrected chi connectivity index (χ2v) is 8.25. The fourth-order valence-corrected chi connectivity index (χ4v) is 4.02. The van der Waals surface area contributed by atoms with Gasteiger partial charge in [0.05, 0.1) is 22.5 Å². The van der Waals surface area contributed by atoms with Gasteiger partial charge in [0, 0.05) is 5.39 Å². The third-order valence-electron chi connectivity index (χ3n) is 5.08. The van der Waals surface area contributed by atoms with Gasteiger partial charge in [0.2, 0.25) is 5.91 Å². The third kappa shape index (κ3) is 4.35. The van der Waals surface area contributed by atoms with Crippen LogP contribution < -0.4 is 16.6 Å². The van der Waals surface area contributed by atoms with Gasteiger partial charge in [-0.05, 0) is 36.6 Å². The van der Waals surface area contributed by atoms with Crippen LogP contribution in [0.25, 0.3) is 21.8 Å². The molecular formula is C22H22N6O3S. The van der Waals surface area contributed by atoms with Gasteiger partial charge in [0.25, 0.3) is 11.5 Å². The maximum Gasteiger partial charge on any atom is 0.275 e. The number of nitrogens with one attached hydrogen (secondary N) is 2. The lowest BCUT2D eigenvalue weighted by atomic mass is 10.1. The first-order valence-corrected chi connectivity index (χ1v) is 11.4. The van der Waals surface area contributed by atoms with Crippen LogP contribution in [0.3, 0.4) is 0 Å². The fourth-order valence-electron chi connectivity index (χ4n) is 3.55. The Hall–Kier alpha value is -3.66. The quantitative estimate of drug-likeness (QED) is 0.376. The number of hydrogen-bond acceptors (Lipinski definition) is 6. The van der Waals surface area contributed by atoms with Crippen LogP contribution in [0, 0.1) is 0 Å². The summed E-state index contributed by atoms with van der Waals surface area (Å²) >= 11 is 1.66. The van der Waals surface area contributed by atoms with Crippen molar-refractivity contribution in [2.75, 3.05) is 12.0 Å². The van der Waals surface area contributed by atoms with E-state index in [1.54, 1.807) is 36.0 Å². The van der Waals surface area contributed by atoms with Crippen molar-refractivity contribution in [2.45, 2.75) is 19.0 Å². The Balaban J connectivity index is 1.62. The molecule has 0 aliphatic heterocycles. The molecule has 0 saturated carbocycles. The van der Waals surface area contributed by atoms with Crippen LogP contribution in [0.1, 0.15) is 28.8 Å². The minimum absolute atomic E-state index is 0.0517. The molecular weight excluding hydrogens is 428 g/mol. The highest BCUT2D eigenvalue weighted by atomic mass is 32.2. The number of para-hydroxylation sites is 2. The first-order valence-electron chi connectivity index (χ1n) is 10.0. The van der Waals surface area contributed by atoms with E-state index in [1.165, 1.54) is 0 Å². The van der Waals surface area contributed by atoms with Crippen LogP contribution in [-0.2, 0) is 11.3 Å². The van der Waals surface area contributed by atoms with Gasteiger partial charge in [-0.2, -0.15) is 16.9 Å². The summed E-state index contributed by atoms with van der Waals surface area (Å²) in [7, 11) is 0. The van der Waals surface area contributed by atoms with Gasteiger partial charge in [-0.3, -0.25) is 14.4 Å². The lowest BCUT2D eigenvalue weighted by Crippen LogP contribution is -2.37. The number of aromatic amines is 1. The summed E-state index contributed by atoms with van der Waals surface area (Å²) in [5, 5.41) is 7.64. The lowest BCUT2D eigenvalue weighted by molar-refractivity contribution is -0.122. The number of hydrogen-bond donors (Lipinski definition) is 3. The molecule has 1 unspecified atom stereocenters. The molecule has 2 amide bonds. The van der Waals surface area contributed by atoms with Crippen LogP contribution in [0.15, 0.2) is 53.3 Å². The molecule has 4 N–H and O–H groups in total. The minimum Gasteiger partial charge on any atom is -0.364 e. The van der Waals surface area contributed by atoms with E-state index in [4.69, 9.17) is 5.73 Å². The Morgan fingerprint density at radius 3 is 2.59 bits per heavy atom. The monoisotopic (exact) mass is 450 g/mol. The normalized spacial score (nSPS) is 12.2. The van der Waals surface area contributed by atoms with E-state index in [9.17, 15) is 14.4 Å². The molecule has 2 heterocycles. The number of carbonyl (C=O) groups is 2. The average Bonchev–Trinajstić information content (AvgIpc) is 3.22. The predicted octanol–water partition coefficient (Wildman–Crippen LogP) is 1.98. The molecule has 9 nitrogen and oxygen atoms in total. The van der Waals surface area contributed by atoms with Gasteiger partial charge in [0.15, 0.2) is 5.69 Å². The molecule has 0 aliphatic rings. The highest BCUT2D eigenvalue weighted by molar-refractivity contribution is 7.98. The predicted molar refractivity (Wildman–Crippen MR) is 124 cm³/mol. The third-order valence-corrected chi connectivity index (χ3v) is 5.72. The summed E-state index contributed by atoms with van der Waals surface area (Å²) in [6.45, 7) is -0.347. The Kier molecular flexibility index (Phi) is 6.22. The molecule has 0 radical (unpaired) electrons. The van der Waals surface area contributed by atoms with Crippen molar-refractivity contribution in [3.05, 3.63) is 70.4 Å². The van der Waals surface area contributed by atoms with Gasteiger partial charge in [-0.1, -0.05) is 30.3 Å². The zero-order chi connectivity index (χ0) is 22.7. The number of primary amides is 1. The van der Waals surface area contributed by atoms with Gasteiger partial charge in [0.1, 0.15) is 12.4 Å². The zero-order valence-corrected chi connectivity index (χ0v) is 18.2. The molecule has 0 saturated heterocycles. The molecule has 0 spiro atoms. The van der Waals surface area contributed by atoms with Crippen LogP contribution in [0.5, 0.6) is 0 Å². The number of benzene rings is 2. The topological polar surface area (TPSA) is 136 Å². The maximum absolute atomic E-state index is 12.9. The molecule has 2 aromatic heterocycles. The maximum atomic E-state index is 12.9. The van der Waals surface area contributed by atoms with Crippen LogP contribution in [-0.4, -0.2) is 43.6 Å². The highest BCUT2D eigenvalue weighted by Crippen LogP contribution is 2.20. The van der Waals surface area contributed by atoms with E-state index in [-0.39, 0.29) is 23.7 Å². The summed E-state index contributed by atoms with van der Waals surface area (Å²) in [6.07, 6.45) is 2.64.